The summed E-state index contributed by atoms with van der Waals surface area (Å²) >= 11 is 0. The number of rotatable bonds is 1. The molecule has 0 N–H and O–H groups in total. The lowest BCUT2D eigenvalue weighted by Crippen LogP contribution is -2.36. The molecule has 116 valence electrons. The number of hydrogen-bond donors (Lipinski definition) is 0. The Labute approximate surface area is 135 Å². The van der Waals surface area contributed by atoms with E-state index < -0.39 is 5.60 Å². The zero-order valence-corrected chi connectivity index (χ0v) is 13.4. The lowest BCUT2D eigenvalue weighted by Gasteiger charge is -2.34. The molecular formula is C17H17N5O. The van der Waals surface area contributed by atoms with Crippen LogP contribution in [0.1, 0.15) is 25.0 Å². The highest BCUT2D eigenvalue weighted by molar-refractivity contribution is 5.93. The van der Waals surface area contributed by atoms with Crippen LogP contribution < -0.4 is 4.74 Å². The highest BCUT2D eigenvalue weighted by atomic mass is 16.5. The van der Waals surface area contributed by atoms with Crippen molar-refractivity contribution >= 4 is 11.7 Å². The molecule has 2 heterocycles. The van der Waals surface area contributed by atoms with Crippen molar-refractivity contribution in [2.75, 3.05) is 20.1 Å². The van der Waals surface area contributed by atoms with Gasteiger partial charge < -0.3 is 14.5 Å². The minimum atomic E-state index is -0.477. The molecule has 0 atom stereocenters. The van der Waals surface area contributed by atoms with Crippen LogP contribution in [-0.2, 0) is 0 Å². The van der Waals surface area contributed by atoms with Gasteiger partial charge in [0, 0.05) is 25.7 Å². The Morgan fingerprint density at radius 3 is 2.74 bits per heavy atom. The Hall–Kier alpha value is -2.99. The molecule has 23 heavy (non-hydrogen) atoms. The van der Waals surface area contributed by atoms with Crippen molar-refractivity contribution in [2.24, 2.45) is 4.99 Å². The van der Waals surface area contributed by atoms with E-state index >= 15 is 0 Å². The largest absolute Gasteiger partial charge is 0.483 e. The third-order valence-electron chi connectivity index (χ3n) is 3.92. The Bertz CT molecular complexity index is 794. The van der Waals surface area contributed by atoms with Crippen LogP contribution in [0, 0.1) is 22.8 Å². The second-order valence-corrected chi connectivity index (χ2v) is 6.14. The van der Waals surface area contributed by atoms with Crippen molar-refractivity contribution in [3.8, 4) is 18.0 Å². The van der Waals surface area contributed by atoms with Crippen LogP contribution in [0.5, 0.6) is 5.75 Å². The molecule has 0 radical (unpaired) electrons. The Kier molecular flexibility index (Phi) is 3.46. The first-order valence-electron chi connectivity index (χ1n) is 7.37. The summed E-state index contributed by atoms with van der Waals surface area (Å²) in [6, 6.07) is 7.55. The van der Waals surface area contributed by atoms with Crippen molar-refractivity contribution in [1.82, 2.24) is 9.80 Å². The van der Waals surface area contributed by atoms with Crippen LogP contribution in [0.4, 0.5) is 0 Å². The number of fused-ring (bicyclic) bond motifs is 1. The molecule has 0 aliphatic carbocycles. The number of nitrogens with zero attached hydrogens (tertiary/aromatic N) is 5. The van der Waals surface area contributed by atoms with Crippen molar-refractivity contribution in [3.05, 3.63) is 35.4 Å². The summed E-state index contributed by atoms with van der Waals surface area (Å²) in [6.45, 7) is 5.48. The summed E-state index contributed by atoms with van der Waals surface area (Å²) in [5, 5.41) is 18.1. The Morgan fingerprint density at radius 1 is 1.26 bits per heavy atom. The number of guanidine groups is 1. The fraction of sp³-hybridized carbons (Fsp3) is 0.353. The first kappa shape index (κ1) is 14.9. The van der Waals surface area contributed by atoms with Gasteiger partial charge in [0.1, 0.15) is 11.4 Å². The highest BCUT2D eigenvalue weighted by Crippen LogP contribution is 2.39. The standard InChI is InChI=1S/C17H17N5O/c1-17(2)9-14(22-7-6-21(3)16(22)20-11-19)13-8-12(10-18)4-5-15(13)23-17/h4-5,8-9H,6-7H2,1-3H3. The maximum Gasteiger partial charge on any atom is 0.216 e. The van der Waals surface area contributed by atoms with Crippen LogP contribution in [-0.4, -0.2) is 41.5 Å². The first-order valence-corrected chi connectivity index (χ1v) is 7.37. The van der Waals surface area contributed by atoms with E-state index in [1.165, 1.54) is 0 Å². The van der Waals surface area contributed by atoms with Gasteiger partial charge >= 0.3 is 0 Å². The van der Waals surface area contributed by atoms with Gasteiger partial charge in [-0.1, -0.05) is 0 Å². The van der Waals surface area contributed by atoms with Crippen LogP contribution >= 0.6 is 0 Å². The monoisotopic (exact) mass is 307 g/mol. The van der Waals surface area contributed by atoms with Crippen LogP contribution in [0.15, 0.2) is 29.3 Å². The van der Waals surface area contributed by atoms with Gasteiger partial charge in [-0.05, 0) is 38.1 Å². The number of benzene rings is 1. The molecule has 1 aromatic rings. The van der Waals surface area contributed by atoms with Crippen molar-refractivity contribution < 1.29 is 4.74 Å². The molecule has 0 bridgehead atoms. The summed E-state index contributed by atoms with van der Waals surface area (Å²) in [6.07, 6.45) is 3.89. The first-order chi connectivity index (χ1) is 10.9. The molecule has 1 aromatic carbocycles. The molecule has 2 aliphatic rings. The lowest BCUT2D eigenvalue weighted by molar-refractivity contribution is 0.156. The molecular weight excluding hydrogens is 290 g/mol. The number of likely N-dealkylation sites (N-methyl/N-ethyl adjacent to an activating group) is 1. The van der Waals surface area contributed by atoms with Gasteiger partial charge in [0.05, 0.1) is 17.3 Å². The van der Waals surface area contributed by atoms with Gasteiger partial charge in [-0.2, -0.15) is 10.5 Å². The lowest BCUT2D eigenvalue weighted by atomic mass is 9.97. The van der Waals surface area contributed by atoms with Crippen LogP contribution in [0.25, 0.3) is 5.70 Å². The number of aliphatic imine (C=N–C) groups is 1. The molecule has 6 heteroatoms. The maximum absolute atomic E-state index is 9.17. The molecule has 1 saturated heterocycles. The molecule has 2 aliphatic heterocycles. The maximum atomic E-state index is 9.17. The summed E-state index contributed by atoms with van der Waals surface area (Å²) in [5.74, 6) is 1.35. The number of hydrogen-bond acceptors (Lipinski definition) is 4. The van der Waals surface area contributed by atoms with E-state index in [0.717, 1.165) is 30.1 Å². The highest BCUT2D eigenvalue weighted by Gasteiger charge is 2.34. The SMILES string of the molecule is CN1CCN(C2=CC(C)(C)Oc3ccc(C#N)cc32)C1=NC#N. The smallest absolute Gasteiger partial charge is 0.216 e. The third-order valence-corrected chi connectivity index (χ3v) is 3.92. The predicted octanol–water partition coefficient (Wildman–Crippen LogP) is 2.15. The topological polar surface area (TPSA) is 75.7 Å². The average Bonchev–Trinajstić information content (AvgIpc) is 2.87. The normalized spacial score (nSPS) is 20.4. The van der Waals surface area contributed by atoms with E-state index in [1.54, 1.807) is 6.07 Å². The zero-order chi connectivity index (χ0) is 16.6. The van der Waals surface area contributed by atoms with Crippen molar-refractivity contribution in [3.63, 3.8) is 0 Å². The second kappa shape index (κ2) is 5.33. The van der Waals surface area contributed by atoms with E-state index in [0.29, 0.717) is 11.5 Å². The van der Waals surface area contributed by atoms with Gasteiger partial charge in [0.25, 0.3) is 0 Å². The van der Waals surface area contributed by atoms with E-state index in [9.17, 15) is 5.26 Å². The molecule has 0 aromatic heterocycles. The van der Waals surface area contributed by atoms with Crippen LogP contribution in [0.3, 0.4) is 0 Å². The molecule has 0 spiro atoms. The molecule has 1 fully saturated rings. The Morgan fingerprint density at radius 2 is 2.04 bits per heavy atom. The van der Waals surface area contributed by atoms with E-state index in [1.807, 2.05) is 55.1 Å². The minimum absolute atomic E-state index is 0.477. The van der Waals surface area contributed by atoms with Gasteiger partial charge in [-0.15, -0.1) is 4.99 Å². The average molecular weight is 307 g/mol. The summed E-state index contributed by atoms with van der Waals surface area (Å²) < 4.78 is 6.00. The van der Waals surface area contributed by atoms with E-state index in [4.69, 9.17) is 10.00 Å². The summed E-state index contributed by atoms with van der Waals surface area (Å²) in [5.41, 5.74) is 1.87. The molecule has 0 unspecified atom stereocenters. The third kappa shape index (κ3) is 2.60. The van der Waals surface area contributed by atoms with Crippen molar-refractivity contribution in [2.45, 2.75) is 19.4 Å². The van der Waals surface area contributed by atoms with Gasteiger partial charge in [0.15, 0.2) is 0 Å². The quantitative estimate of drug-likeness (QED) is 0.743. The predicted molar refractivity (Wildman–Crippen MR) is 86.2 cm³/mol. The molecule has 0 saturated carbocycles. The fourth-order valence-corrected chi connectivity index (χ4v) is 2.91. The fourth-order valence-electron chi connectivity index (χ4n) is 2.91. The van der Waals surface area contributed by atoms with E-state index in [-0.39, 0.29) is 0 Å². The van der Waals surface area contributed by atoms with Crippen LogP contribution in [0.2, 0.25) is 0 Å². The number of nitriles is 2. The molecule has 3 rings (SSSR count). The minimum Gasteiger partial charge on any atom is -0.483 e. The summed E-state index contributed by atoms with van der Waals surface area (Å²) in [7, 11) is 1.91. The molecule has 6 nitrogen and oxygen atoms in total. The second-order valence-electron chi connectivity index (χ2n) is 6.14. The zero-order valence-electron chi connectivity index (χ0n) is 13.4. The van der Waals surface area contributed by atoms with E-state index in [2.05, 4.69) is 11.1 Å². The van der Waals surface area contributed by atoms with Crippen molar-refractivity contribution in [1.29, 1.82) is 10.5 Å². The van der Waals surface area contributed by atoms with Gasteiger partial charge in [0.2, 0.25) is 12.2 Å². The van der Waals surface area contributed by atoms with Gasteiger partial charge in [-0.3, -0.25) is 0 Å². The summed E-state index contributed by atoms with van der Waals surface area (Å²) in [4.78, 5) is 7.90. The number of ether oxygens (including phenoxy) is 1. The van der Waals surface area contributed by atoms with Gasteiger partial charge in [-0.25, -0.2) is 0 Å². The molecule has 0 amide bonds. The Balaban J connectivity index is 2.15.